The van der Waals surface area contributed by atoms with Crippen LogP contribution in [0.15, 0.2) is 60.0 Å². The Morgan fingerprint density at radius 2 is 1.86 bits per heavy atom. The van der Waals surface area contributed by atoms with Crippen LogP contribution in [0.5, 0.6) is 0 Å². The monoisotopic (exact) mass is 517 g/mol. The fraction of sp³-hybridized carbons (Fsp3) is 0.280. The van der Waals surface area contributed by atoms with Crippen LogP contribution >= 0.6 is 22.9 Å². The minimum atomic E-state index is -0.649. The molecule has 0 bridgehead atoms. The summed E-state index contributed by atoms with van der Waals surface area (Å²) < 4.78 is 13.4. The van der Waals surface area contributed by atoms with Crippen molar-refractivity contribution in [2.45, 2.75) is 39.4 Å². The molecule has 0 aliphatic carbocycles. The number of halogens is 2. The molecule has 7 nitrogen and oxygen atoms in total. The third-order valence-electron chi connectivity index (χ3n) is 5.65. The number of nitro groups is 1. The highest BCUT2D eigenvalue weighted by Crippen LogP contribution is 2.26. The highest BCUT2D eigenvalue weighted by Gasteiger charge is 2.27. The smallest absolute Gasteiger partial charge is 0.288 e. The van der Waals surface area contributed by atoms with Crippen molar-refractivity contribution in [2.24, 2.45) is 0 Å². The number of thiophene rings is 1. The molecule has 3 aromatic rings. The predicted molar refractivity (Wildman–Crippen MR) is 134 cm³/mol. The minimum absolute atomic E-state index is 0.0702. The van der Waals surface area contributed by atoms with E-state index in [-0.39, 0.29) is 47.1 Å². The van der Waals surface area contributed by atoms with Crippen LogP contribution in [0.25, 0.3) is 0 Å². The summed E-state index contributed by atoms with van der Waals surface area (Å²) in [6.07, 6.45) is 0.581. The lowest BCUT2D eigenvalue weighted by Gasteiger charge is -2.31. The summed E-state index contributed by atoms with van der Waals surface area (Å²) >= 11 is 7.41. The van der Waals surface area contributed by atoms with Crippen LogP contribution in [0.4, 0.5) is 10.1 Å². The number of amides is 2. The van der Waals surface area contributed by atoms with Gasteiger partial charge in [-0.2, -0.15) is 0 Å². The van der Waals surface area contributed by atoms with Gasteiger partial charge in [-0.15, -0.1) is 11.3 Å². The summed E-state index contributed by atoms with van der Waals surface area (Å²) in [4.78, 5) is 41.5. The number of hydrogen-bond acceptors (Lipinski definition) is 5. The Labute approximate surface area is 211 Å². The van der Waals surface area contributed by atoms with E-state index in [1.807, 2.05) is 31.4 Å². The van der Waals surface area contributed by atoms with E-state index >= 15 is 0 Å². The molecule has 0 aliphatic heterocycles. The molecule has 1 heterocycles. The molecule has 1 aromatic heterocycles. The van der Waals surface area contributed by atoms with Crippen molar-refractivity contribution in [1.82, 2.24) is 9.80 Å². The average Bonchev–Trinajstić information content (AvgIpc) is 3.35. The van der Waals surface area contributed by atoms with Crippen molar-refractivity contribution in [3.63, 3.8) is 0 Å². The number of hydrogen-bond donors (Lipinski definition) is 0. The van der Waals surface area contributed by atoms with Gasteiger partial charge < -0.3 is 9.80 Å². The summed E-state index contributed by atoms with van der Waals surface area (Å²) in [5.41, 5.74) is 0.465. The molecule has 10 heteroatoms. The Morgan fingerprint density at radius 3 is 2.46 bits per heavy atom. The maximum absolute atomic E-state index is 13.5. The van der Waals surface area contributed by atoms with E-state index in [0.717, 1.165) is 16.5 Å². The van der Waals surface area contributed by atoms with Gasteiger partial charge in [-0.05, 0) is 54.6 Å². The SMILES string of the molecule is CCC(C)N(CC(=O)N(Cc1ccc(F)cc1)Cc1cccs1)C(=O)c1ccc(Cl)c([N+](=O)[O-])c1. The van der Waals surface area contributed by atoms with E-state index in [1.165, 1.54) is 40.5 Å². The zero-order chi connectivity index (χ0) is 25.5. The molecule has 0 aliphatic rings. The first kappa shape index (κ1) is 26.3. The second-order valence-corrected chi connectivity index (χ2v) is 9.51. The maximum atomic E-state index is 13.5. The van der Waals surface area contributed by atoms with Crippen LogP contribution in [0.3, 0.4) is 0 Å². The number of nitro benzene ring substituents is 1. The average molecular weight is 518 g/mol. The van der Waals surface area contributed by atoms with E-state index < -0.39 is 10.8 Å². The van der Waals surface area contributed by atoms with Gasteiger partial charge in [-0.3, -0.25) is 19.7 Å². The first-order chi connectivity index (χ1) is 16.7. The first-order valence-electron chi connectivity index (χ1n) is 11.0. The van der Waals surface area contributed by atoms with Gasteiger partial charge >= 0.3 is 0 Å². The van der Waals surface area contributed by atoms with Crippen LogP contribution in [-0.2, 0) is 17.9 Å². The summed E-state index contributed by atoms with van der Waals surface area (Å²) in [5.74, 6) is -1.15. The molecule has 0 radical (unpaired) electrons. The lowest BCUT2D eigenvalue weighted by molar-refractivity contribution is -0.384. The van der Waals surface area contributed by atoms with E-state index in [9.17, 15) is 24.1 Å². The summed E-state index contributed by atoms with van der Waals surface area (Å²) in [6, 6.07) is 13.3. The van der Waals surface area contributed by atoms with Gasteiger partial charge in [-0.25, -0.2) is 4.39 Å². The van der Waals surface area contributed by atoms with E-state index in [4.69, 9.17) is 11.6 Å². The lowest BCUT2D eigenvalue weighted by atomic mass is 10.1. The normalized spacial score (nSPS) is 11.7. The van der Waals surface area contributed by atoms with Crippen molar-refractivity contribution < 1.29 is 18.9 Å². The Balaban J connectivity index is 1.87. The van der Waals surface area contributed by atoms with Crippen molar-refractivity contribution in [2.75, 3.05) is 6.54 Å². The number of benzene rings is 2. The fourth-order valence-electron chi connectivity index (χ4n) is 3.48. The van der Waals surface area contributed by atoms with Crippen LogP contribution in [-0.4, -0.2) is 39.1 Å². The largest absolute Gasteiger partial charge is 0.332 e. The van der Waals surface area contributed by atoms with Crippen LogP contribution in [0, 0.1) is 15.9 Å². The number of nitrogens with zero attached hydrogens (tertiary/aromatic N) is 3. The van der Waals surface area contributed by atoms with Gasteiger partial charge in [0.25, 0.3) is 11.6 Å². The molecule has 0 spiro atoms. The molecular formula is C25H25ClFN3O4S. The molecule has 0 fully saturated rings. The van der Waals surface area contributed by atoms with Gasteiger partial charge in [0.1, 0.15) is 17.4 Å². The zero-order valence-electron chi connectivity index (χ0n) is 19.3. The first-order valence-corrected chi connectivity index (χ1v) is 12.2. The van der Waals surface area contributed by atoms with Gasteiger partial charge in [-0.1, -0.05) is 36.7 Å². The van der Waals surface area contributed by atoms with Gasteiger partial charge in [0.15, 0.2) is 0 Å². The Morgan fingerprint density at radius 1 is 1.14 bits per heavy atom. The molecule has 0 saturated heterocycles. The Kier molecular flexibility index (Phi) is 8.95. The highest BCUT2D eigenvalue weighted by atomic mass is 35.5. The predicted octanol–water partition coefficient (Wildman–Crippen LogP) is 5.92. The minimum Gasteiger partial charge on any atom is -0.332 e. The molecule has 3 rings (SSSR count). The molecule has 35 heavy (non-hydrogen) atoms. The lowest BCUT2D eigenvalue weighted by Crippen LogP contribution is -2.46. The van der Waals surface area contributed by atoms with Crippen LogP contribution in [0.2, 0.25) is 5.02 Å². The standard InChI is InChI=1S/C25H25ClFN3O4S/c1-3-17(2)29(25(32)19-8-11-22(26)23(13-19)30(33)34)16-24(31)28(15-21-5-4-12-35-21)14-18-6-9-20(27)10-7-18/h4-13,17H,3,14-16H2,1-2H3. The molecule has 0 N–H and O–H groups in total. The van der Waals surface area contributed by atoms with Crippen molar-refractivity contribution in [1.29, 1.82) is 0 Å². The third-order valence-corrected chi connectivity index (χ3v) is 6.83. The van der Waals surface area contributed by atoms with E-state index in [0.29, 0.717) is 13.0 Å². The van der Waals surface area contributed by atoms with Crippen LogP contribution in [0.1, 0.15) is 41.1 Å². The Bertz CT molecular complexity index is 1190. The number of rotatable bonds is 10. The summed E-state index contributed by atoms with van der Waals surface area (Å²) in [6.45, 7) is 4.08. The zero-order valence-corrected chi connectivity index (χ0v) is 20.9. The van der Waals surface area contributed by atoms with E-state index in [1.54, 1.807) is 17.0 Å². The topological polar surface area (TPSA) is 83.8 Å². The quantitative estimate of drug-likeness (QED) is 0.247. The van der Waals surface area contributed by atoms with Crippen LogP contribution < -0.4 is 0 Å². The molecule has 2 aromatic carbocycles. The highest BCUT2D eigenvalue weighted by molar-refractivity contribution is 7.09. The van der Waals surface area contributed by atoms with Crippen molar-refractivity contribution in [3.05, 3.63) is 96.9 Å². The second kappa shape index (κ2) is 11.9. The van der Waals surface area contributed by atoms with Gasteiger partial charge in [0, 0.05) is 29.1 Å². The summed E-state index contributed by atoms with van der Waals surface area (Å²) in [7, 11) is 0. The van der Waals surface area contributed by atoms with Gasteiger partial charge in [0.2, 0.25) is 5.91 Å². The van der Waals surface area contributed by atoms with Gasteiger partial charge in [0.05, 0.1) is 11.5 Å². The maximum Gasteiger partial charge on any atom is 0.288 e. The molecular weight excluding hydrogens is 493 g/mol. The van der Waals surface area contributed by atoms with E-state index in [2.05, 4.69) is 0 Å². The molecule has 2 amide bonds. The Hall–Kier alpha value is -3.30. The molecule has 0 saturated carbocycles. The molecule has 184 valence electrons. The number of carbonyl (C=O) groups excluding carboxylic acids is 2. The third kappa shape index (κ3) is 6.86. The van der Waals surface area contributed by atoms with Crippen molar-refractivity contribution in [3.8, 4) is 0 Å². The summed E-state index contributed by atoms with van der Waals surface area (Å²) in [5, 5.41) is 13.1. The number of carbonyl (C=O) groups is 2. The fourth-order valence-corrected chi connectivity index (χ4v) is 4.38. The van der Waals surface area contributed by atoms with Crippen molar-refractivity contribution >= 4 is 40.4 Å². The second-order valence-electron chi connectivity index (χ2n) is 8.07. The molecule has 1 unspecified atom stereocenters. The molecule has 1 atom stereocenters.